The van der Waals surface area contributed by atoms with Gasteiger partial charge in [-0.3, -0.25) is 0 Å². The van der Waals surface area contributed by atoms with Gasteiger partial charge in [-0.1, -0.05) is 19.1 Å². The molecule has 0 aliphatic heterocycles. The zero-order valence-corrected chi connectivity index (χ0v) is 10.7. The normalized spacial score (nSPS) is 10.2. The molecule has 0 fully saturated rings. The zero-order chi connectivity index (χ0) is 13.8. The van der Waals surface area contributed by atoms with Crippen molar-refractivity contribution in [2.24, 2.45) is 0 Å². The Bertz CT molecular complexity index is 611. The van der Waals surface area contributed by atoms with Gasteiger partial charge in [0.2, 0.25) is 0 Å². The van der Waals surface area contributed by atoms with E-state index in [0.29, 0.717) is 29.3 Å². The molecule has 0 amide bonds. The van der Waals surface area contributed by atoms with Crippen molar-refractivity contribution in [1.29, 1.82) is 0 Å². The van der Waals surface area contributed by atoms with Gasteiger partial charge in [0.1, 0.15) is 11.6 Å². The van der Waals surface area contributed by atoms with E-state index in [0.717, 1.165) is 0 Å². The fraction of sp³-hybridized carbons (Fsp3) is 0.214. The van der Waals surface area contributed by atoms with Gasteiger partial charge < -0.3 is 14.6 Å². The number of carbonyl (C=O) groups is 1. The van der Waals surface area contributed by atoms with Crippen LogP contribution >= 0.6 is 0 Å². The molecule has 0 aliphatic rings. The Hall–Kier alpha value is -2.43. The van der Waals surface area contributed by atoms with Crippen LogP contribution in [-0.4, -0.2) is 23.0 Å². The van der Waals surface area contributed by atoms with Crippen LogP contribution < -0.4 is 9.84 Å². The number of aryl methyl sites for hydroxylation is 1. The van der Waals surface area contributed by atoms with Crippen molar-refractivity contribution < 1.29 is 14.6 Å². The fourth-order valence-corrected chi connectivity index (χ4v) is 1.78. The van der Waals surface area contributed by atoms with Crippen LogP contribution in [0.3, 0.4) is 0 Å². The maximum absolute atomic E-state index is 11.2. The van der Waals surface area contributed by atoms with Gasteiger partial charge >= 0.3 is 0 Å². The van der Waals surface area contributed by atoms with Crippen LogP contribution in [0.5, 0.6) is 5.75 Å². The quantitative estimate of drug-likeness (QED) is 0.819. The number of carboxylic acids is 1. The Kier molecular flexibility index (Phi) is 3.75. The Balaban J connectivity index is 2.68. The van der Waals surface area contributed by atoms with Crippen LogP contribution in [0, 0.1) is 0 Å². The first-order valence-electron chi connectivity index (χ1n) is 5.88. The summed E-state index contributed by atoms with van der Waals surface area (Å²) < 4.78 is 5.23. The third-order valence-electron chi connectivity index (χ3n) is 2.74. The van der Waals surface area contributed by atoms with E-state index in [2.05, 4.69) is 9.97 Å². The average Bonchev–Trinajstić information content (AvgIpc) is 2.46. The minimum Gasteiger partial charge on any atom is -0.545 e. The Morgan fingerprint density at radius 3 is 2.74 bits per heavy atom. The number of carbonyl (C=O) groups excluding carboxylic acids is 1. The van der Waals surface area contributed by atoms with Crippen LogP contribution in [0.2, 0.25) is 0 Å². The van der Waals surface area contributed by atoms with Crippen molar-refractivity contribution in [3.8, 4) is 17.0 Å². The minimum atomic E-state index is -1.30. The molecule has 5 heteroatoms. The number of aromatic carboxylic acids is 1. The molecule has 2 rings (SSSR count). The third kappa shape index (κ3) is 2.54. The molecule has 1 heterocycles. The number of nitrogens with zero attached hydrogens (tertiary/aromatic N) is 2. The zero-order valence-electron chi connectivity index (χ0n) is 10.7. The van der Waals surface area contributed by atoms with Crippen molar-refractivity contribution in [2.45, 2.75) is 13.3 Å². The van der Waals surface area contributed by atoms with E-state index in [1.165, 1.54) is 13.3 Å². The van der Waals surface area contributed by atoms with Gasteiger partial charge in [-0.2, -0.15) is 0 Å². The molecule has 0 unspecified atom stereocenters. The number of methoxy groups -OCH3 is 1. The number of ether oxygens (including phenoxy) is 1. The van der Waals surface area contributed by atoms with Crippen LogP contribution in [-0.2, 0) is 6.42 Å². The molecule has 0 radical (unpaired) electrons. The highest BCUT2D eigenvalue weighted by Gasteiger charge is 2.13. The molecular weight excluding hydrogens is 244 g/mol. The molecule has 0 atom stereocenters. The summed E-state index contributed by atoms with van der Waals surface area (Å²) >= 11 is 0. The summed E-state index contributed by atoms with van der Waals surface area (Å²) in [4.78, 5) is 19.4. The van der Waals surface area contributed by atoms with Gasteiger partial charge in [-0.25, -0.2) is 9.97 Å². The number of benzene rings is 1. The van der Waals surface area contributed by atoms with Gasteiger partial charge in [-0.05, 0) is 12.1 Å². The minimum absolute atomic E-state index is 0.0401. The number of para-hydroxylation sites is 1. The molecule has 0 saturated heterocycles. The molecule has 1 aromatic carbocycles. The van der Waals surface area contributed by atoms with Gasteiger partial charge in [0.05, 0.1) is 18.8 Å². The monoisotopic (exact) mass is 257 g/mol. The molecule has 2 aromatic rings. The maximum Gasteiger partial charge on any atom is 0.128 e. The summed E-state index contributed by atoms with van der Waals surface area (Å²) in [6, 6.07) is 7.11. The Morgan fingerprint density at radius 2 is 2.11 bits per heavy atom. The largest absolute Gasteiger partial charge is 0.545 e. The number of carboxylic acid groups (broad SMARTS) is 1. The van der Waals surface area contributed by atoms with E-state index in [1.54, 1.807) is 18.2 Å². The molecule has 0 aliphatic carbocycles. The molecule has 0 saturated carbocycles. The lowest BCUT2D eigenvalue weighted by atomic mass is 10.1. The predicted molar refractivity (Wildman–Crippen MR) is 67.7 cm³/mol. The van der Waals surface area contributed by atoms with Crippen LogP contribution in [0.1, 0.15) is 23.1 Å². The summed E-state index contributed by atoms with van der Waals surface area (Å²) in [6.45, 7) is 1.90. The van der Waals surface area contributed by atoms with Crippen molar-refractivity contribution in [3.63, 3.8) is 0 Å². The van der Waals surface area contributed by atoms with E-state index < -0.39 is 5.97 Å². The lowest BCUT2D eigenvalue weighted by molar-refractivity contribution is -0.255. The van der Waals surface area contributed by atoms with Crippen LogP contribution in [0.4, 0.5) is 0 Å². The SMILES string of the molecule is CCc1ncc(C(=O)[O-])c(-c2ccccc2OC)n1. The van der Waals surface area contributed by atoms with Gasteiger partial charge in [-0.15, -0.1) is 0 Å². The second-order valence-corrected chi connectivity index (χ2v) is 3.89. The van der Waals surface area contributed by atoms with Crippen LogP contribution in [0.15, 0.2) is 30.5 Å². The summed E-state index contributed by atoms with van der Waals surface area (Å²) in [5.41, 5.74) is 0.896. The van der Waals surface area contributed by atoms with Crippen molar-refractivity contribution in [3.05, 3.63) is 41.9 Å². The molecular formula is C14H13N2O3-. The van der Waals surface area contributed by atoms with Crippen molar-refractivity contribution >= 4 is 5.97 Å². The van der Waals surface area contributed by atoms with E-state index >= 15 is 0 Å². The van der Waals surface area contributed by atoms with Crippen molar-refractivity contribution in [2.75, 3.05) is 7.11 Å². The third-order valence-corrected chi connectivity index (χ3v) is 2.74. The molecule has 1 aromatic heterocycles. The molecule has 19 heavy (non-hydrogen) atoms. The first-order chi connectivity index (χ1) is 9.17. The number of aromatic nitrogens is 2. The number of rotatable bonds is 4. The second-order valence-electron chi connectivity index (χ2n) is 3.89. The van der Waals surface area contributed by atoms with E-state index in [4.69, 9.17) is 4.74 Å². The summed E-state index contributed by atoms with van der Waals surface area (Å²) in [7, 11) is 1.53. The predicted octanol–water partition coefficient (Wildman–Crippen LogP) is 1.08. The topological polar surface area (TPSA) is 75.1 Å². The van der Waals surface area contributed by atoms with E-state index in [-0.39, 0.29) is 5.56 Å². The Labute approximate surface area is 110 Å². The molecule has 98 valence electrons. The van der Waals surface area contributed by atoms with E-state index in [1.807, 2.05) is 13.0 Å². The average molecular weight is 257 g/mol. The molecule has 0 spiro atoms. The highest BCUT2D eigenvalue weighted by molar-refractivity contribution is 5.93. The smallest absolute Gasteiger partial charge is 0.128 e. The molecule has 5 nitrogen and oxygen atoms in total. The second kappa shape index (κ2) is 5.48. The van der Waals surface area contributed by atoms with Gasteiger partial charge in [0.15, 0.2) is 0 Å². The highest BCUT2D eigenvalue weighted by Crippen LogP contribution is 2.30. The lowest BCUT2D eigenvalue weighted by Crippen LogP contribution is -2.24. The molecule has 0 bridgehead atoms. The summed E-state index contributed by atoms with van der Waals surface area (Å²) in [6.07, 6.45) is 1.90. The lowest BCUT2D eigenvalue weighted by Gasteiger charge is -2.13. The number of hydrogen-bond acceptors (Lipinski definition) is 5. The summed E-state index contributed by atoms with van der Waals surface area (Å²) in [5.74, 6) is -0.166. The standard InChI is InChI=1S/C14H14N2O3/c1-3-12-15-8-10(14(17)18)13(16-12)9-6-4-5-7-11(9)19-2/h4-8H,3H2,1-2H3,(H,17,18)/p-1. The highest BCUT2D eigenvalue weighted by atomic mass is 16.5. The van der Waals surface area contributed by atoms with Gasteiger partial charge in [0.25, 0.3) is 0 Å². The fourth-order valence-electron chi connectivity index (χ4n) is 1.78. The van der Waals surface area contributed by atoms with Crippen molar-refractivity contribution in [1.82, 2.24) is 9.97 Å². The molecule has 0 N–H and O–H groups in total. The maximum atomic E-state index is 11.2. The van der Waals surface area contributed by atoms with Crippen LogP contribution in [0.25, 0.3) is 11.3 Å². The van der Waals surface area contributed by atoms with Gasteiger partial charge in [0, 0.05) is 23.7 Å². The Morgan fingerprint density at radius 1 is 1.37 bits per heavy atom. The first kappa shape index (κ1) is 13.0. The van der Waals surface area contributed by atoms with E-state index in [9.17, 15) is 9.90 Å². The number of hydrogen-bond donors (Lipinski definition) is 0. The summed E-state index contributed by atoms with van der Waals surface area (Å²) in [5, 5.41) is 11.2. The first-order valence-corrected chi connectivity index (χ1v) is 5.88.